The van der Waals surface area contributed by atoms with E-state index in [2.05, 4.69) is 0 Å². The van der Waals surface area contributed by atoms with Crippen molar-refractivity contribution >= 4 is 5.91 Å². The summed E-state index contributed by atoms with van der Waals surface area (Å²) in [4.78, 5) is 14.7. The fourth-order valence-electron chi connectivity index (χ4n) is 2.88. The molecule has 1 aliphatic rings. The summed E-state index contributed by atoms with van der Waals surface area (Å²) < 4.78 is 10.9. The molecule has 1 fully saturated rings. The fourth-order valence-corrected chi connectivity index (χ4v) is 2.88. The lowest BCUT2D eigenvalue weighted by molar-refractivity contribution is 0.00359. The van der Waals surface area contributed by atoms with Gasteiger partial charge in [0, 0.05) is 17.7 Å². The number of hydrogen-bond donors (Lipinski definition) is 0. The summed E-state index contributed by atoms with van der Waals surface area (Å²) in [5.74, 6) is 0.809. The Balaban J connectivity index is 1.96. The van der Waals surface area contributed by atoms with Gasteiger partial charge in [0.25, 0.3) is 5.91 Å². The van der Waals surface area contributed by atoms with Gasteiger partial charge in [-0.05, 0) is 30.7 Å². The zero-order valence-corrected chi connectivity index (χ0v) is 13.5. The summed E-state index contributed by atoms with van der Waals surface area (Å²) in [7, 11) is 1.65. The molecule has 1 amide bonds. The molecule has 0 bridgehead atoms. The van der Waals surface area contributed by atoms with Gasteiger partial charge in [-0.3, -0.25) is 4.79 Å². The molecular weight excluding hydrogens is 290 g/mol. The normalized spacial score (nSPS) is 17.8. The molecule has 1 heterocycles. The molecule has 23 heavy (non-hydrogen) atoms. The number of methoxy groups -OCH3 is 1. The first-order valence-electron chi connectivity index (χ1n) is 7.83. The van der Waals surface area contributed by atoms with Crippen LogP contribution in [0, 0.1) is 0 Å². The molecule has 1 aliphatic heterocycles. The maximum absolute atomic E-state index is 12.8. The van der Waals surface area contributed by atoms with Crippen molar-refractivity contribution in [1.82, 2.24) is 4.90 Å². The predicted octanol–water partition coefficient (Wildman–Crippen LogP) is 3.22. The molecule has 1 saturated heterocycles. The van der Waals surface area contributed by atoms with Gasteiger partial charge in [0.05, 0.1) is 26.4 Å². The standard InChI is InChI=1S/C19H21NO3/c1-14-13-23-11-10-20(14)19(21)16-8-9-18(22-2)17(12-16)15-6-4-3-5-7-15/h3-9,12,14H,10-11,13H2,1-2H3. The molecule has 0 N–H and O–H groups in total. The van der Waals surface area contributed by atoms with Crippen molar-refractivity contribution in [3.05, 3.63) is 54.1 Å². The Bertz CT molecular complexity index is 684. The maximum Gasteiger partial charge on any atom is 0.254 e. The predicted molar refractivity (Wildman–Crippen MR) is 89.7 cm³/mol. The average Bonchev–Trinajstić information content (AvgIpc) is 2.62. The molecule has 0 spiro atoms. The minimum atomic E-state index is 0.0423. The average molecular weight is 311 g/mol. The minimum Gasteiger partial charge on any atom is -0.496 e. The van der Waals surface area contributed by atoms with Crippen molar-refractivity contribution in [1.29, 1.82) is 0 Å². The SMILES string of the molecule is COc1ccc(C(=O)N2CCOCC2C)cc1-c1ccccc1. The second-order valence-electron chi connectivity index (χ2n) is 5.70. The first-order valence-corrected chi connectivity index (χ1v) is 7.83. The number of amides is 1. The van der Waals surface area contributed by atoms with Crippen LogP contribution in [0.5, 0.6) is 5.75 Å². The van der Waals surface area contributed by atoms with Crippen molar-refractivity contribution < 1.29 is 14.3 Å². The fraction of sp³-hybridized carbons (Fsp3) is 0.316. The van der Waals surface area contributed by atoms with Crippen LogP contribution in [0.1, 0.15) is 17.3 Å². The summed E-state index contributed by atoms with van der Waals surface area (Å²) in [6.07, 6.45) is 0. The molecule has 4 nitrogen and oxygen atoms in total. The molecule has 2 aromatic rings. The summed E-state index contributed by atoms with van der Waals surface area (Å²) in [5, 5.41) is 0. The largest absolute Gasteiger partial charge is 0.496 e. The summed E-state index contributed by atoms with van der Waals surface area (Å²) in [5.41, 5.74) is 2.65. The van der Waals surface area contributed by atoms with E-state index in [0.717, 1.165) is 16.9 Å². The summed E-state index contributed by atoms with van der Waals surface area (Å²) in [6.45, 7) is 3.83. The first kappa shape index (κ1) is 15.6. The van der Waals surface area contributed by atoms with E-state index in [4.69, 9.17) is 9.47 Å². The molecule has 1 atom stereocenters. The Morgan fingerprint density at radius 3 is 2.70 bits per heavy atom. The third-order valence-corrected chi connectivity index (χ3v) is 4.16. The van der Waals surface area contributed by atoms with Gasteiger partial charge < -0.3 is 14.4 Å². The highest BCUT2D eigenvalue weighted by Crippen LogP contribution is 2.31. The van der Waals surface area contributed by atoms with Crippen LogP contribution >= 0.6 is 0 Å². The topological polar surface area (TPSA) is 38.8 Å². The van der Waals surface area contributed by atoms with Crippen LogP contribution in [-0.4, -0.2) is 43.7 Å². The molecule has 0 radical (unpaired) electrons. The molecule has 4 heteroatoms. The highest BCUT2D eigenvalue weighted by Gasteiger charge is 2.25. The second-order valence-corrected chi connectivity index (χ2v) is 5.70. The van der Waals surface area contributed by atoms with Crippen LogP contribution in [0.3, 0.4) is 0 Å². The van der Waals surface area contributed by atoms with Gasteiger partial charge in [0.1, 0.15) is 5.75 Å². The second kappa shape index (κ2) is 6.84. The molecule has 0 aromatic heterocycles. The van der Waals surface area contributed by atoms with Crippen molar-refractivity contribution in [3.63, 3.8) is 0 Å². The van der Waals surface area contributed by atoms with Gasteiger partial charge in [-0.25, -0.2) is 0 Å². The number of hydrogen-bond acceptors (Lipinski definition) is 3. The Labute approximate surface area is 136 Å². The van der Waals surface area contributed by atoms with Crippen LogP contribution in [0.2, 0.25) is 0 Å². The molecule has 120 valence electrons. The van der Waals surface area contributed by atoms with E-state index < -0.39 is 0 Å². The molecule has 3 rings (SSSR count). The molecule has 1 unspecified atom stereocenters. The highest BCUT2D eigenvalue weighted by atomic mass is 16.5. The number of ether oxygens (including phenoxy) is 2. The van der Waals surface area contributed by atoms with Crippen LogP contribution in [-0.2, 0) is 4.74 Å². The molecule has 0 aliphatic carbocycles. The molecule has 2 aromatic carbocycles. The quantitative estimate of drug-likeness (QED) is 0.873. The van der Waals surface area contributed by atoms with Gasteiger partial charge in [-0.15, -0.1) is 0 Å². The Morgan fingerprint density at radius 1 is 1.22 bits per heavy atom. The van der Waals surface area contributed by atoms with Gasteiger partial charge >= 0.3 is 0 Å². The monoisotopic (exact) mass is 311 g/mol. The summed E-state index contributed by atoms with van der Waals surface area (Å²) in [6, 6.07) is 15.7. The van der Waals surface area contributed by atoms with Gasteiger partial charge in [-0.1, -0.05) is 30.3 Å². The van der Waals surface area contributed by atoms with E-state index in [1.165, 1.54) is 0 Å². The van der Waals surface area contributed by atoms with Crippen molar-refractivity contribution in [3.8, 4) is 16.9 Å². The van der Waals surface area contributed by atoms with E-state index in [9.17, 15) is 4.79 Å². The first-order chi connectivity index (χ1) is 11.2. The van der Waals surface area contributed by atoms with Crippen LogP contribution < -0.4 is 4.74 Å². The van der Waals surface area contributed by atoms with Gasteiger partial charge in [0.15, 0.2) is 0 Å². The number of rotatable bonds is 3. The third-order valence-electron chi connectivity index (χ3n) is 4.16. The number of carbonyl (C=O) groups excluding carboxylic acids is 1. The Hall–Kier alpha value is -2.33. The van der Waals surface area contributed by atoms with E-state index >= 15 is 0 Å². The number of benzene rings is 2. The van der Waals surface area contributed by atoms with E-state index in [0.29, 0.717) is 25.3 Å². The minimum absolute atomic E-state index is 0.0423. The lowest BCUT2D eigenvalue weighted by Gasteiger charge is -2.33. The van der Waals surface area contributed by atoms with Crippen LogP contribution in [0.4, 0.5) is 0 Å². The highest BCUT2D eigenvalue weighted by molar-refractivity contribution is 5.96. The lowest BCUT2D eigenvalue weighted by Crippen LogP contribution is -2.47. The summed E-state index contributed by atoms with van der Waals surface area (Å²) >= 11 is 0. The zero-order chi connectivity index (χ0) is 16.2. The van der Waals surface area contributed by atoms with Gasteiger partial charge in [-0.2, -0.15) is 0 Å². The number of carbonyl (C=O) groups is 1. The zero-order valence-electron chi connectivity index (χ0n) is 13.5. The van der Waals surface area contributed by atoms with Crippen molar-refractivity contribution in [2.45, 2.75) is 13.0 Å². The molecular formula is C19H21NO3. The van der Waals surface area contributed by atoms with Crippen molar-refractivity contribution in [2.75, 3.05) is 26.9 Å². The van der Waals surface area contributed by atoms with Crippen LogP contribution in [0.25, 0.3) is 11.1 Å². The smallest absolute Gasteiger partial charge is 0.254 e. The van der Waals surface area contributed by atoms with Crippen LogP contribution in [0.15, 0.2) is 48.5 Å². The molecule has 0 saturated carbocycles. The number of morpholine rings is 1. The van der Waals surface area contributed by atoms with Gasteiger partial charge in [0.2, 0.25) is 0 Å². The maximum atomic E-state index is 12.8. The lowest BCUT2D eigenvalue weighted by atomic mass is 10.0. The van der Waals surface area contributed by atoms with E-state index in [-0.39, 0.29) is 11.9 Å². The van der Waals surface area contributed by atoms with Crippen molar-refractivity contribution in [2.24, 2.45) is 0 Å². The van der Waals surface area contributed by atoms with E-state index in [1.807, 2.05) is 60.4 Å². The Morgan fingerprint density at radius 2 is 2.00 bits per heavy atom. The van der Waals surface area contributed by atoms with E-state index in [1.54, 1.807) is 7.11 Å². The third kappa shape index (κ3) is 3.22. The Kier molecular flexibility index (Phi) is 4.63. The number of nitrogens with zero attached hydrogens (tertiary/aromatic N) is 1.